The minimum absolute atomic E-state index is 0.0329. The van der Waals surface area contributed by atoms with Gasteiger partial charge in [0.1, 0.15) is 0 Å². The molecule has 0 unspecified atom stereocenters. The van der Waals surface area contributed by atoms with E-state index in [1.165, 1.54) is 16.8 Å². The van der Waals surface area contributed by atoms with Crippen LogP contribution in [0.15, 0.2) is 73.3 Å². The van der Waals surface area contributed by atoms with Gasteiger partial charge in [0.15, 0.2) is 0 Å². The Balaban J connectivity index is 1.39. The van der Waals surface area contributed by atoms with E-state index in [4.69, 9.17) is 5.10 Å². The van der Waals surface area contributed by atoms with E-state index in [2.05, 4.69) is 34.1 Å². The molecule has 2 aromatic heterocycles. The molecule has 2 atom stereocenters. The molecule has 1 amide bonds. The highest BCUT2D eigenvalue weighted by molar-refractivity contribution is 5.95. The van der Waals surface area contributed by atoms with Gasteiger partial charge in [-0.05, 0) is 43.9 Å². The first-order valence-electron chi connectivity index (χ1n) is 11.2. The fourth-order valence-corrected chi connectivity index (χ4v) is 5.47. The molecule has 1 saturated heterocycles. The van der Waals surface area contributed by atoms with Crippen LogP contribution in [-0.4, -0.2) is 36.2 Å². The van der Waals surface area contributed by atoms with Crippen molar-refractivity contribution in [3.8, 4) is 16.9 Å². The predicted octanol–water partition coefficient (Wildman–Crippen LogP) is 4.56. The highest BCUT2D eigenvalue weighted by Crippen LogP contribution is 2.45. The number of imidazole rings is 1. The van der Waals surface area contributed by atoms with E-state index in [-0.39, 0.29) is 18.0 Å². The number of hydrogen-bond acceptors (Lipinski definition) is 3. The predicted molar refractivity (Wildman–Crippen MR) is 122 cm³/mol. The first-order valence-corrected chi connectivity index (χ1v) is 11.2. The maximum Gasteiger partial charge on any atom is 0.254 e. The largest absolute Gasteiger partial charge is 0.327 e. The van der Waals surface area contributed by atoms with Crippen LogP contribution in [0.5, 0.6) is 0 Å². The molecule has 2 aliphatic rings. The summed E-state index contributed by atoms with van der Waals surface area (Å²) < 4.78 is 3.93. The summed E-state index contributed by atoms with van der Waals surface area (Å²) in [6, 6.07) is 18.5. The number of nitrogens with zero attached hydrogens (tertiary/aromatic N) is 5. The summed E-state index contributed by atoms with van der Waals surface area (Å²) in [4.78, 5) is 20.0. The molecule has 2 aromatic carbocycles. The Morgan fingerprint density at radius 2 is 1.94 bits per heavy atom. The Hall–Kier alpha value is -3.67. The normalized spacial score (nSPS) is 19.6. The third-order valence-electron chi connectivity index (χ3n) is 6.85. The fraction of sp³-hybridized carbons (Fsp3) is 0.269. The molecule has 4 aromatic rings. The number of carbonyl (C=O) groups is 1. The molecule has 0 saturated carbocycles. The highest BCUT2D eigenvalue weighted by atomic mass is 16.2. The standard InChI is InChI=1S/C26H25N5O/c1-29-25(18-7-3-2-4-8-18)22-16-21-11-6-12-23(24(22)28-29)31(21)26(32)19-9-5-10-20(15-19)30-14-13-27-17-30/h2-5,7-10,13-15,17,21,23H,6,11-12,16H2,1H3/t21-,23+/m1/s1. The zero-order valence-corrected chi connectivity index (χ0v) is 18.1. The maximum absolute atomic E-state index is 13.8. The van der Waals surface area contributed by atoms with Crippen molar-refractivity contribution in [3.63, 3.8) is 0 Å². The number of benzene rings is 2. The van der Waals surface area contributed by atoms with Crippen LogP contribution < -0.4 is 0 Å². The molecule has 2 bridgehead atoms. The number of carbonyl (C=O) groups excluding carboxylic acids is 1. The molecule has 0 N–H and O–H groups in total. The van der Waals surface area contributed by atoms with Gasteiger partial charge in [-0.1, -0.05) is 36.4 Å². The summed E-state index contributed by atoms with van der Waals surface area (Å²) in [5, 5.41) is 4.94. The Kier molecular flexibility index (Phi) is 4.45. The third-order valence-corrected chi connectivity index (χ3v) is 6.85. The summed E-state index contributed by atoms with van der Waals surface area (Å²) in [6.45, 7) is 0. The van der Waals surface area contributed by atoms with Crippen molar-refractivity contribution in [2.75, 3.05) is 0 Å². The van der Waals surface area contributed by atoms with E-state index < -0.39 is 0 Å². The highest BCUT2D eigenvalue weighted by Gasteiger charge is 2.43. The average Bonchev–Trinajstić information content (AvgIpc) is 3.47. The number of rotatable bonds is 3. The van der Waals surface area contributed by atoms with Gasteiger partial charge in [-0.3, -0.25) is 9.48 Å². The first-order chi connectivity index (χ1) is 15.7. The lowest BCUT2D eigenvalue weighted by Gasteiger charge is -2.45. The van der Waals surface area contributed by atoms with Gasteiger partial charge < -0.3 is 9.47 Å². The zero-order valence-electron chi connectivity index (χ0n) is 18.1. The van der Waals surface area contributed by atoms with Crippen LogP contribution in [0.2, 0.25) is 0 Å². The van der Waals surface area contributed by atoms with Crippen molar-refractivity contribution in [3.05, 3.63) is 90.1 Å². The van der Waals surface area contributed by atoms with Crippen molar-refractivity contribution in [1.29, 1.82) is 0 Å². The fourth-order valence-electron chi connectivity index (χ4n) is 5.47. The van der Waals surface area contributed by atoms with Crippen LogP contribution in [0.4, 0.5) is 0 Å². The van der Waals surface area contributed by atoms with Crippen LogP contribution >= 0.6 is 0 Å². The van der Waals surface area contributed by atoms with Gasteiger partial charge in [-0.15, -0.1) is 0 Å². The Morgan fingerprint density at radius 1 is 1.06 bits per heavy atom. The Morgan fingerprint density at radius 3 is 2.75 bits per heavy atom. The molecular weight excluding hydrogens is 398 g/mol. The molecule has 0 aliphatic carbocycles. The number of aromatic nitrogens is 4. The van der Waals surface area contributed by atoms with Crippen molar-refractivity contribution >= 4 is 5.91 Å². The van der Waals surface area contributed by atoms with E-state index >= 15 is 0 Å². The Labute approximate surface area is 187 Å². The van der Waals surface area contributed by atoms with Crippen molar-refractivity contribution < 1.29 is 4.79 Å². The van der Waals surface area contributed by atoms with Gasteiger partial charge in [0.25, 0.3) is 5.91 Å². The molecule has 6 rings (SSSR count). The topological polar surface area (TPSA) is 56.0 Å². The first kappa shape index (κ1) is 19.0. The van der Waals surface area contributed by atoms with Crippen LogP contribution in [0.3, 0.4) is 0 Å². The van der Waals surface area contributed by atoms with Gasteiger partial charge in [0.05, 0.1) is 23.8 Å². The minimum Gasteiger partial charge on any atom is -0.327 e. The van der Waals surface area contributed by atoms with Crippen LogP contribution in [0, 0.1) is 0 Å². The van der Waals surface area contributed by atoms with Crippen molar-refractivity contribution in [2.24, 2.45) is 7.05 Å². The zero-order chi connectivity index (χ0) is 21.7. The molecule has 160 valence electrons. The van der Waals surface area contributed by atoms with Gasteiger partial charge in [0.2, 0.25) is 0 Å². The van der Waals surface area contributed by atoms with E-state index in [1.807, 2.05) is 52.8 Å². The molecule has 4 heterocycles. The summed E-state index contributed by atoms with van der Waals surface area (Å²) in [7, 11) is 2.02. The van der Waals surface area contributed by atoms with E-state index in [1.54, 1.807) is 12.5 Å². The van der Waals surface area contributed by atoms with Gasteiger partial charge in [-0.2, -0.15) is 5.10 Å². The summed E-state index contributed by atoms with van der Waals surface area (Å²) in [5.74, 6) is 0.0965. The lowest BCUT2D eigenvalue weighted by atomic mass is 9.81. The second kappa shape index (κ2) is 7.48. The maximum atomic E-state index is 13.8. The number of piperidine rings is 1. The second-order valence-electron chi connectivity index (χ2n) is 8.74. The molecular formula is C26H25N5O. The van der Waals surface area contributed by atoms with Crippen molar-refractivity contribution in [2.45, 2.75) is 37.8 Å². The van der Waals surface area contributed by atoms with Crippen molar-refractivity contribution in [1.82, 2.24) is 24.2 Å². The number of aryl methyl sites for hydroxylation is 1. The molecule has 0 radical (unpaired) electrons. The molecule has 1 fully saturated rings. The van der Waals surface area contributed by atoms with E-state index in [9.17, 15) is 4.79 Å². The smallest absolute Gasteiger partial charge is 0.254 e. The monoisotopic (exact) mass is 423 g/mol. The van der Waals surface area contributed by atoms with Gasteiger partial charge in [0, 0.05) is 47.9 Å². The van der Waals surface area contributed by atoms with Gasteiger partial charge >= 0.3 is 0 Å². The molecule has 6 nitrogen and oxygen atoms in total. The molecule has 32 heavy (non-hydrogen) atoms. The quantitative estimate of drug-likeness (QED) is 0.485. The number of hydrogen-bond donors (Lipinski definition) is 0. The minimum atomic E-state index is 0.0329. The average molecular weight is 424 g/mol. The van der Waals surface area contributed by atoms with Gasteiger partial charge in [-0.25, -0.2) is 4.98 Å². The van der Waals surface area contributed by atoms with Crippen LogP contribution in [0.1, 0.15) is 46.9 Å². The third kappa shape index (κ3) is 2.98. The number of fused-ring (bicyclic) bond motifs is 4. The second-order valence-corrected chi connectivity index (χ2v) is 8.74. The summed E-state index contributed by atoms with van der Waals surface area (Å²) >= 11 is 0. The molecule has 6 heteroatoms. The van der Waals surface area contributed by atoms with Crippen LogP contribution in [0.25, 0.3) is 16.9 Å². The summed E-state index contributed by atoms with van der Waals surface area (Å²) in [5.41, 5.74) is 6.42. The lowest BCUT2D eigenvalue weighted by Crippen LogP contribution is -2.49. The number of amides is 1. The van der Waals surface area contributed by atoms with E-state index in [0.717, 1.165) is 42.6 Å². The molecule has 0 spiro atoms. The Bertz CT molecular complexity index is 1280. The van der Waals surface area contributed by atoms with Crippen LogP contribution in [-0.2, 0) is 13.5 Å². The van der Waals surface area contributed by atoms with E-state index in [0.29, 0.717) is 0 Å². The molecule has 2 aliphatic heterocycles. The SMILES string of the molecule is Cn1nc2c(c1-c1ccccc1)C[C@H]1CCC[C@@H]2N1C(=O)c1cccc(-n2ccnc2)c1. The summed E-state index contributed by atoms with van der Waals surface area (Å²) in [6.07, 6.45) is 9.38. The lowest BCUT2D eigenvalue weighted by molar-refractivity contribution is 0.0392.